The molecule has 45 heavy (non-hydrogen) atoms. The molecule has 1 aliphatic heterocycles. The Kier molecular flexibility index (Phi) is 9.73. The molecule has 5 aliphatic rings. The Labute approximate surface area is 273 Å². The van der Waals surface area contributed by atoms with Crippen LogP contribution in [0.15, 0.2) is 48.5 Å². The number of hydrogen-bond acceptors (Lipinski definition) is 1. The van der Waals surface area contributed by atoms with Crippen molar-refractivity contribution in [3.63, 3.8) is 0 Å². The van der Waals surface area contributed by atoms with Gasteiger partial charge in [0.05, 0.1) is 0 Å². The molecule has 4 unspecified atom stereocenters. The highest BCUT2D eigenvalue weighted by Crippen LogP contribution is 2.48. The maximum Gasteiger partial charge on any atom is 0.0491 e. The van der Waals surface area contributed by atoms with E-state index >= 15 is 0 Å². The van der Waals surface area contributed by atoms with Crippen molar-refractivity contribution >= 4 is 21.8 Å². The van der Waals surface area contributed by atoms with Crippen LogP contribution in [0.25, 0.3) is 21.8 Å². The van der Waals surface area contributed by atoms with Crippen LogP contribution in [0.2, 0.25) is 0 Å². The number of aryl methyl sites for hydroxylation is 1. The third-order valence-electron chi connectivity index (χ3n) is 12.5. The van der Waals surface area contributed by atoms with Crippen molar-refractivity contribution in [1.82, 2.24) is 14.0 Å². The Morgan fingerprint density at radius 3 is 1.40 bits per heavy atom. The monoisotopic (exact) mass is 605 g/mol. The summed E-state index contributed by atoms with van der Waals surface area (Å²) < 4.78 is 5.01. The van der Waals surface area contributed by atoms with Crippen LogP contribution in [0, 0.1) is 11.8 Å². The lowest BCUT2D eigenvalue weighted by molar-refractivity contribution is 0.147. The van der Waals surface area contributed by atoms with Gasteiger partial charge < -0.3 is 9.13 Å². The van der Waals surface area contributed by atoms with Gasteiger partial charge in [-0.1, -0.05) is 69.0 Å². The number of rotatable bonds is 3. The Hall–Kier alpha value is -2.52. The first-order valence-electron chi connectivity index (χ1n) is 19.2. The molecule has 1 saturated heterocycles. The second-order valence-corrected chi connectivity index (χ2v) is 14.6. The number of aromatic nitrogens is 2. The second-order valence-electron chi connectivity index (χ2n) is 14.6. The zero-order valence-electron chi connectivity index (χ0n) is 28.7. The molecule has 0 N–H and O–H groups in total. The van der Waals surface area contributed by atoms with Gasteiger partial charge in [-0.15, -0.1) is 0 Å². The molecule has 0 radical (unpaired) electrons. The molecule has 2 aromatic heterocycles. The summed E-state index contributed by atoms with van der Waals surface area (Å²) in [6, 6.07) is 19.2. The Bertz CT molecular complexity index is 1380. The summed E-state index contributed by atoms with van der Waals surface area (Å²) >= 11 is 0. The highest BCUT2D eigenvalue weighted by Gasteiger charge is 2.48. The number of hydrogen-bond donors (Lipinski definition) is 0. The van der Waals surface area contributed by atoms with Crippen molar-refractivity contribution in [3.05, 3.63) is 71.0 Å². The first-order chi connectivity index (χ1) is 22.2. The third-order valence-corrected chi connectivity index (χ3v) is 12.5. The number of fused-ring (bicyclic) bond motifs is 9. The molecular weight excluding hydrogens is 546 g/mol. The Morgan fingerprint density at radius 2 is 0.933 bits per heavy atom. The normalized spacial score (nSPS) is 25.8. The summed E-state index contributed by atoms with van der Waals surface area (Å²) in [6.45, 7) is 10.4. The first-order valence-corrected chi connectivity index (χ1v) is 19.2. The van der Waals surface area contributed by atoms with Crippen LogP contribution in [-0.2, 0) is 38.8 Å². The van der Waals surface area contributed by atoms with Gasteiger partial charge in [-0.2, -0.15) is 0 Å². The SMILES string of the molecule is CCN1C2CCCCC2C2CCCCC21.CCn1c2c(c3c1CCCC3)CCCC2.CCn1c2ccccc2c2ccccc21. The Morgan fingerprint density at radius 1 is 0.489 bits per heavy atom. The first kappa shape index (κ1) is 31.1. The lowest BCUT2D eigenvalue weighted by Gasteiger charge is -2.33. The van der Waals surface area contributed by atoms with Gasteiger partial charge >= 0.3 is 0 Å². The number of likely N-dealkylation sites (tertiary alicyclic amines) is 1. The minimum Gasteiger partial charge on any atom is -0.348 e. The van der Waals surface area contributed by atoms with Crippen LogP contribution in [0.3, 0.4) is 0 Å². The fraction of sp³-hybridized carbons (Fsp3) is 0.619. The van der Waals surface area contributed by atoms with Gasteiger partial charge in [0, 0.05) is 58.4 Å². The zero-order chi connectivity index (χ0) is 30.8. The molecule has 9 rings (SSSR count). The maximum absolute atomic E-state index is 2.88. The molecule has 0 amide bonds. The van der Waals surface area contributed by atoms with E-state index in [0.717, 1.165) is 30.5 Å². The summed E-state index contributed by atoms with van der Waals surface area (Å²) in [5.41, 5.74) is 9.60. The van der Waals surface area contributed by atoms with Crippen molar-refractivity contribution in [2.24, 2.45) is 11.8 Å². The van der Waals surface area contributed by atoms with Crippen molar-refractivity contribution in [2.45, 2.75) is 149 Å². The van der Waals surface area contributed by atoms with E-state index in [4.69, 9.17) is 0 Å². The van der Waals surface area contributed by atoms with E-state index in [-0.39, 0.29) is 0 Å². The smallest absolute Gasteiger partial charge is 0.0491 e. The molecule has 3 heteroatoms. The van der Waals surface area contributed by atoms with Gasteiger partial charge in [-0.25, -0.2) is 0 Å². The topological polar surface area (TPSA) is 13.1 Å². The average molecular weight is 606 g/mol. The van der Waals surface area contributed by atoms with E-state index in [2.05, 4.69) is 83.3 Å². The summed E-state index contributed by atoms with van der Waals surface area (Å²) in [5.74, 6) is 2.17. The summed E-state index contributed by atoms with van der Waals surface area (Å²) in [4.78, 5) is 2.88. The fourth-order valence-corrected chi connectivity index (χ4v) is 10.7. The molecule has 4 atom stereocenters. The minimum atomic E-state index is 0.983. The number of para-hydroxylation sites is 2. The van der Waals surface area contributed by atoms with Crippen molar-refractivity contribution in [3.8, 4) is 0 Å². The highest BCUT2D eigenvalue weighted by atomic mass is 15.2. The molecule has 4 aliphatic carbocycles. The average Bonchev–Trinajstić information content (AvgIpc) is 3.74. The largest absolute Gasteiger partial charge is 0.348 e. The van der Waals surface area contributed by atoms with Crippen molar-refractivity contribution < 1.29 is 0 Å². The van der Waals surface area contributed by atoms with E-state index in [9.17, 15) is 0 Å². The lowest BCUT2D eigenvalue weighted by atomic mass is 9.73. The summed E-state index contributed by atoms with van der Waals surface area (Å²) in [5, 5.41) is 2.71. The molecule has 2 saturated carbocycles. The fourth-order valence-electron chi connectivity index (χ4n) is 10.7. The van der Waals surface area contributed by atoms with Crippen LogP contribution in [0.4, 0.5) is 0 Å². The zero-order valence-corrected chi connectivity index (χ0v) is 28.7. The molecular formula is C42H59N3. The molecule has 242 valence electrons. The van der Waals surface area contributed by atoms with Gasteiger partial charge in [-0.05, 0) is 133 Å². The second kappa shape index (κ2) is 14.1. The molecule has 2 aromatic carbocycles. The van der Waals surface area contributed by atoms with Gasteiger partial charge in [0.1, 0.15) is 0 Å². The lowest BCUT2D eigenvalue weighted by Crippen LogP contribution is -2.39. The molecule has 0 bridgehead atoms. The van der Waals surface area contributed by atoms with Crippen LogP contribution < -0.4 is 0 Å². The van der Waals surface area contributed by atoms with Gasteiger partial charge in [0.15, 0.2) is 0 Å². The van der Waals surface area contributed by atoms with E-state index in [1.807, 2.05) is 0 Å². The van der Waals surface area contributed by atoms with Crippen LogP contribution in [0.5, 0.6) is 0 Å². The molecule has 0 spiro atoms. The van der Waals surface area contributed by atoms with Crippen molar-refractivity contribution in [1.29, 1.82) is 0 Å². The van der Waals surface area contributed by atoms with E-state index < -0.39 is 0 Å². The van der Waals surface area contributed by atoms with E-state index in [1.54, 1.807) is 35.4 Å². The van der Waals surface area contributed by atoms with Gasteiger partial charge in [0.2, 0.25) is 0 Å². The third kappa shape index (κ3) is 5.81. The van der Waals surface area contributed by atoms with Crippen LogP contribution >= 0.6 is 0 Å². The Balaban J connectivity index is 0.000000108. The van der Waals surface area contributed by atoms with Crippen LogP contribution in [-0.4, -0.2) is 32.7 Å². The standard InChI is InChI=1S/C14H25N.C14H21N.C14H13N/c3*1-2-15-13-9-5-3-7-11(13)12-8-4-6-10-14(12)15/h11-14H,2-10H2,1H3;2-10H2,1H3;3-10H,2H2,1H3. The summed E-state index contributed by atoms with van der Waals surface area (Å²) in [7, 11) is 0. The van der Waals surface area contributed by atoms with Gasteiger partial charge in [-0.3, -0.25) is 4.90 Å². The predicted octanol–water partition coefficient (Wildman–Crippen LogP) is 10.5. The maximum atomic E-state index is 2.88. The van der Waals surface area contributed by atoms with E-state index in [1.165, 1.54) is 125 Å². The van der Waals surface area contributed by atoms with E-state index in [0.29, 0.717) is 0 Å². The van der Waals surface area contributed by atoms with Gasteiger partial charge in [0.25, 0.3) is 0 Å². The van der Waals surface area contributed by atoms with Crippen molar-refractivity contribution in [2.75, 3.05) is 6.54 Å². The molecule has 3 nitrogen and oxygen atoms in total. The number of nitrogens with zero attached hydrogens (tertiary/aromatic N) is 3. The predicted molar refractivity (Wildman–Crippen MR) is 192 cm³/mol. The van der Waals surface area contributed by atoms with Crippen LogP contribution in [0.1, 0.15) is 120 Å². The molecule has 3 fully saturated rings. The quantitative estimate of drug-likeness (QED) is 0.226. The number of benzene rings is 2. The highest BCUT2D eigenvalue weighted by molar-refractivity contribution is 6.07. The summed E-state index contributed by atoms with van der Waals surface area (Å²) in [6.07, 6.45) is 23.2. The molecule has 3 heterocycles. The minimum absolute atomic E-state index is 0.983. The molecule has 4 aromatic rings.